The van der Waals surface area contributed by atoms with Gasteiger partial charge >= 0.3 is 0 Å². The molecular formula is C8H10N2O2. The second-order valence-corrected chi connectivity index (χ2v) is 2.59. The fraction of sp³-hybridized carbons (Fsp3) is 0.500. The number of methoxy groups -OCH3 is 1. The van der Waals surface area contributed by atoms with Crippen molar-refractivity contribution in [2.24, 2.45) is 0 Å². The van der Waals surface area contributed by atoms with Crippen LogP contribution in [0.1, 0.15) is 6.92 Å². The van der Waals surface area contributed by atoms with Gasteiger partial charge in [0.05, 0.1) is 25.8 Å². The summed E-state index contributed by atoms with van der Waals surface area (Å²) < 4.78 is 4.96. The van der Waals surface area contributed by atoms with Crippen LogP contribution in [0.3, 0.4) is 0 Å². The molecule has 0 N–H and O–H groups in total. The van der Waals surface area contributed by atoms with Crippen LogP contribution in [0.15, 0.2) is 11.3 Å². The largest absolute Gasteiger partial charge is 0.498 e. The molecule has 1 aliphatic rings. The van der Waals surface area contributed by atoms with E-state index in [9.17, 15) is 4.79 Å². The van der Waals surface area contributed by atoms with Gasteiger partial charge in [-0.1, -0.05) is 0 Å². The van der Waals surface area contributed by atoms with Crippen LogP contribution in [0.2, 0.25) is 0 Å². The van der Waals surface area contributed by atoms with E-state index < -0.39 is 0 Å². The Bertz CT molecular complexity index is 275. The predicted octanol–water partition coefficient (Wildman–Crippen LogP) is 0.273. The molecule has 1 rings (SSSR count). The van der Waals surface area contributed by atoms with E-state index in [1.807, 2.05) is 6.07 Å². The minimum absolute atomic E-state index is 0.0326. The summed E-state index contributed by atoms with van der Waals surface area (Å²) in [6, 6.07) is 2.01. The molecule has 1 amide bonds. The van der Waals surface area contributed by atoms with Gasteiger partial charge in [-0.2, -0.15) is 5.26 Å². The van der Waals surface area contributed by atoms with Crippen LogP contribution in [0.5, 0.6) is 0 Å². The molecule has 4 heteroatoms. The van der Waals surface area contributed by atoms with Crippen molar-refractivity contribution in [1.82, 2.24) is 4.90 Å². The first-order valence-electron chi connectivity index (χ1n) is 3.60. The summed E-state index contributed by atoms with van der Waals surface area (Å²) in [5, 5.41) is 8.64. The van der Waals surface area contributed by atoms with Gasteiger partial charge in [-0.15, -0.1) is 0 Å². The third-order valence-corrected chi connectivity index (χ3v) is 1.85. The summed E-state index contributed by atoms with van der Waals surface area (Å²) in [6.45, 7) is 2.29. The molecule has 0 atom stereocenters. The Kier molecular flexibility index (Phi) is 2.34. The van der Waals surface area contributed by atoms with Crippen molar-refractivity contribution in [3.63, 3.8) is 0 Å². The maximum absolute atomic E-state index is 10.9. The van der Waals surface area contributed by atoms with Gasteiger partial charge in [0, 0.05) is 6.92 Å². The Hall–Kier alpha value is -1.50. The van der Waals surface area contributed by atoms with Gasteiger partial charge in [0.1, 0.15) is 11.8 Å². The van der Waals surface area contributed by atoms with E-state index in [-0.39, 0.29) is 5.91 Å². The predicted molar refractivity (Wildman–Crippen MR) is 41.9 cm³/mol. The quantitative estimate of drug-likeness (QED) is 0.562. The number of nitriles is 1. The molecule has 1 heterocycles. The number of amides is 1. The molecule has 0 aromatic rings. The molecule has 0 saturated carbocycles. The molecule has 4 nitrogen and oxygen atoms in total. The Balaban J connectivity index is 2.74. The lowest BCUT2D eigenvalue weighted by molar-refractivity contribution is -0.127. The average Bonchev–Trinajstić information content (AvgIpc) is 2.46. The highest BCUT2D eigenvalue weighted by atomic mass is 16.5. The maximum Gasteiger partial charge on any atom is 0.220 e. The number of rotatable bonds is 1. The van der Waals surface area contributed by atoms with E-state index in [2.05, 4.69) is 0 Å². The maximum atomic E-state index is 10.9. The SMILES string of the molecule is COC1=C(C#N)CN(C(C)=O)C1. The first kappa shape index (κ1) is 8.60. The summed E-state index contributed by atoms with van der Waals surface area (Å²) in [7, 11) is 1.51. The first-order chi connectivity index (χ1) is 5.69. The molecule has 0 fully saturated rings. The average molecular weight is 166 g/mol. The molecule has 64 valence electrons. The summed E-state index contributed by atoms with van der Waals surface area (Å²) in [4.78, 5) is 12.5. The minimum atomic E-state index is -0.0326. The third-order valence-electron chi connectivity index (χ3n) is 1.85. The van der Waals surface area contributed by atoms with Crippen molar-refractivity contribution in [3.05, 3.63) is 11.3 Å². The highest BCUT2D eigenvalue weighted by molar-refractivity contribution is 5.74. The van der Waals surface area contributed by atoms with Gasteiger partial charge in [-0.05, 0) is 0 Å². The van der Waals surface area contributed by atoms with Gasteiger partial charge in [-0.25, -0.2) is 0 Å². The van der Waals surface area contributed by atoms with E-state index in [0.29, 0.717) is 24.4 Å². The van der Waals surface area contributed by atoms with E-state index in [1.165, 1.54) is 14.0 Å². The third kappa shape index (κ3) is 1.40. The number of ether oxygens (including phenoxy) is 1. The number of carbonyl (C=O) groups excluding carboxylic acids is 1. The lowest BCUT2D eigenvalue weighted by atomic mass is 10.3. The number of nitrogens with zero attached hydrogens (tertiary/aromatic N) is 2. The summed E-state index contributed by atoms with van der Waals surface area (Å²) in [6.07, 6.45) is 0. The molecule has 0 saturated heterocycles. The molecule has 0 radical (unpaired) electrons. The van der Waals surface area contributed by atoms with Crippen molar-refractivity contribution in [2.45, 2.75) is 6.92 Å². The lowest BCUT2D eigenvalue weighted by Crippen LogP contribution is -2.26. The van der Waals surface area contributed by atoms with Crippen LogP contribution < -0.4 is 0 Å². The topological polar surface area (TPSA) is 53.3 Å². The highest BCUT2D eigenvalue weighted by Crippen LogP contribution is 2.16. The van der Waals surface area contributed by atoms with Crippen LogP contribution in [-0.4, -0.2) is 31.0 Å². The molecule has 0 aliphatic carbocycles. The smallest absolute Gasteiger partial charge is 0.220 e. The fourth-order valence-corrected chi connectivity index (χ4v) is 1.11. The summed E-state index contributed by atoms with van der Waals surface area (Å²) in [5.41, 5.74) is 0.549. The lowest BCUT2D eigenvalue weighted by Gasteiger charge is -2.11. The molecule has 1 aliphatic heterocycles. The number of hydrogen-bond acceptors (Lipinski definition) is 3. The number of hydrogen-bond donors (Lipinski definition) is 0. The van der Waals surface area contributed by atoms with E-state index in [0.717, 1.165) is 0 Å². The second-order valence-electron chi connectivity index (χ2n) is 2.59. The molecule has 0 aromatic carbocycles. The Morgan fingerprint density at radius 3 is 2.67 bits per heavy atom. The van der Waals surface area contributed by atoms with Crippen molar-refractivity contribution in [1.29, 1.82) is 5.26 Å². The van der Waals surface area contributed by atoms with Gasteiger partial charge in [0.25, 0.3) is 0 Å². The van der Waals surface area contributed by atoms with Gasteiger partial charge < -0.3 is 9.64 Å². The molecule has 0 unspecified atom stereocenters. The van der Waals surface area contributed by atoms with Crippen molar-refractivity contribution >= 4 is 5.91 Å². The molecule has 0 bridgehead atoms. The Morgan fingerprint density at radius 1 is 1.67 bits per heavy atom. The van der Waals surface area contributed by atoms with Crippen LogP contribution in [0.4, 0.5) is 0 Å². The molecule has 12 heavy (non-hydrogen) atoms. The van der Waals surface area contributed by atoms with E-state index >= 15 is 0 Å². The van der Waals surface area contributed by atoms with Gasteiger partial charge in [-0.3, -0.25) is 4.79 Å². The van der Waals surface area contributed by atoms with Crippen molar-refractivity contribution < 1.29 is 9.53 Å². The fourth-order valence-electron chi connectivity index (χ4n) is 1.11. The van der Waals surface area contributed by atoms with Crippen LogP contribution in [0, 0.1) is 11.3 Å². The van der Waals surface area contributed by atoms with Crippen molar-refractivity contribution in [2.75, 3.05) is 20.2 Å². The van der Waals surface area contributed by atoms with Crippen LogP contribution >= 0.6 is 0 Å². The van der Waals surface area contributed by atoms with E-state index in [1.54, 1.807) is 4.90 Å². The zero-order chi connectivity index (χ0) is 9.14. The normalized spacial score (nSPS) is 16.2. The van der Waals surface area contributed by atoms with Crippen molar-refractivity contribution in [3.8, 4) is 6.07 Å². The standard InChI is InChI=1S/C8H10N2O2/c1-6(11)10-4-7(3-9)8(5-10)12-2/h4-5H2,1-2H3. The monoisotopic (exact) mass is 166 g/mol. The molecular weight excluding hydrogens is 156 g/mol. The Morgan fingerprint density at radius 2 is 2.33 bits per heavy atom. The highest BCUT2D eigenvalue weighted by Gasteiger charge is 2.24. The van der Waals surface area contributed by atoms with Gasteiger partial charge in [0.2, 0.25) is 5.91 Å². The number of carbonyl (C=O) groups is 1. The van der Waals surface area contributed by atoms with Crippen LogP contribution in [0.25, 0.3) is 0 Å². The zero-order valence-corrected chi connectivity index (χ0v) is 7.13. The minimum Gasteiger partial charge on any atom is -0.498 e. The molecule has 0 spiro atoms. The van der Waals surface area contributed by atoms with Crippen LogP contribution in [-0.2, 0) is 9.53 Å². The summed E-state index contributed by atoms with van der Waals surface area (Å²) >= 11 is 0. The zero-order valence-electron chi connectivity index (χ0n) is 7.13. The second kappa shape index (κ2) is 3.26. The van der Waals surface area contributed by atoms with E-state index in [4.69, 9.17) is 10.00 Å². The first-order valence-corrected chi connectivity index (χ1v) is 3.60. The summed E-state index contributed by atoms with van der Waals surface area (Å²) in [5.74, 6) is 0.572. The van der Waals surface area contributed by atoms with Gasteiger partial charge in [0.15, 0.2) is 0 Å². The Labute approximate surface area is 71.0 Å². The molecule has 0 aromatic heterocycles.